The third-order valence-corrected chi connectivity index (χ3v) is 3.55. The Morgan fingerprint density at radius 2 is 2.29 bits per heavy atom. The Labute approximate surface area is 105 Å². The molecule has 4 nitrogen and oxygen atoms in total. The molecule has 0 aliphatic carbocycles. The van der Waals surface area contributed by atoms with Gasteiger partial charge in [0, 0.05) is 25.0 Å². The largest absolute Gasteiger partial charge is 0.354 e. The van der Waals surface area contributed by atoms with Crippen molar-refractivity contribution in [2.24, 2.45) is 5.73 Å². The van der Waals surface area contributed by atoms with E-state index in [1.165, 1.54) is 19.4 Å². The average Bonchev–Trinajstić information content (AvgIpc) is 2.73. The lowest BCUT2D eigenvalue weighted by molar-refractivity contribution is -0.121. The number of nitrogens with zero attached hydrogens (tertiary/aromatic N) is 1. The minimum Gasteiger partial charge on any atom is -0.354 e. The van der Waals surface area contributed by atoms with E-state index in [9.17, 15) is 4.79 Å². The maximum atomic E-state index is 11.7. The minimum absolute atomic E-state index is 0.0193. The standard InChI is InChI=1S/C13H27N3O/c1-3-6-11(14)9-13(17)15-10-12-7-5-8-16(12)4-2/h11-12H,3-10,14H2,1-2H3,(H,15,17). The first-order valence-electron chi connectivity index (χ1n) is 6.93. The molecule has 0 bridgehead atoms. The lowest BCUT2D eigenvalue weighted by atomic mass is 10.1. The van der Waals surface area contributed by atoms with Crippen molar-refractivity contribution >= 4 is 5.91 Å². The third-order valence-electron chi connectivity index (χ3n) is 3.55. The number of hydrogen-bond donors (Lipinski definition) is 2. The van der Waals surface area contributed by atoms with Gasteiger partial charge in [-0.3, -0.25) is 9.69 Å². The molecule has 2 unspecified atom stereocenters. The zero-order valence-corrected chi connectivity index (χ0v) is 11.2. The highest BCUT2D eigenvalue weighted by Crippen LogP contribution is 2.15. The van der Waals surface area contributed by atoms with Crippen molar-refractivity contribution in [1.82, 2.24) is 10.2 Å². The van der Waals surface area contributed by atoms with Crippen LogP contribution in [-0.4, -0.2) is 42.5 Å². The monoisotopic (exact) mass is 241 g/mol. The van der Waals surface area contributed by atoms with Crippen molar-refractivity contribution < 1.29 is 4.79 Å². The average molecular weight is 241 g/mol. The van der Waals surface area contributed by atoms with Gasteiger partial charge in [-0.2, -0.15) is 0 Å². The fourth-order valence-electron chi connectivity index (χ4n) is 2.56. The Hall–Kier alpha value is -0.610. The highest BCUT2D eigenvalue weighted by Gasteiger charge is 2.23. The summed E-state index contributed by atoms with van der Waals surface area (Å²) in [7, 11) is 0. The molecule has 17 heavy (non-hydrogen) atoms. The van der Waals surface area contributed by atoms with Crippen LogP contribution < -0.4 is 11.1 Å². The zero-order chi connectivity index (χ0) is 12.7. The fourth-order valence-corrected chi connectivity index (χ4v) is 2.56. The lowest BCUT2D eigenvalue weighted by Gasteiger charge is -2.23. The summed E-state index contributed by atoms with van der Waals surface area (Å²) in [5.41, 5.74) is 5.85. The number of nitrogens with two attached hydrogens (primary N) is 1. The topological polar surface area (TPSA) is 58.4 Å². The summed E-state index contributed by atoms with van der Waals surface area (Å²) in [6, 6.07) is 0.553. The molecule has 100 valence electrons. The van der Waals surface area contributed by atoms with Crippen LogP contribution in [0.3, 0.4) is 0 Å². The number of carbonyl (C=O) groups is 1. The molecule has 1 saturated heterocycles. The molecule has 1 amide bonds. The van der Waals surface area contributed by atoms with Crippen LogP contribution in [0.25, 0.3) is 0 Å². The van der Waals surface area contributed by atoms with Crippen LogP contribution in [0.2, 0.25) is 0 Å². The summed E-state index contributed by atoms with van der Waals surface area (Å²) in [6.07, 6.45) is 4.89. The summed E-state index contributed by atoms with van der Waals surface area (Å²) in [5.74, 6) is 0.105. The Morgan fingerprint density at radius 1 is 1.53 bits per heavy atom. The molecule has 1 aliphatic heterocycles. The molecular weight excluding hydrogens is 214 g/mol. The maximum absolute atomic E-state index is 11.7. The molecule has 4 heteroatoms. The SMILES string of the molecule is CCCC(N)CC(=O)NCC1CCCN1CC. The smallest absolute Gasteiger partial charge is 0.221 e. The van der Waals surface area contributed by atoms with Crippen molar-refractivity contribution in [3.05, 3.63) is 0 Å². The number of likely N-dealkylation sites (tertiary alicyclic amines) is 1. The van der Waals surface area contributed by atoms with Gasteiger partial charge in [0.15, 0.2) is 0 Å². The quantitative estimate of drug-likeness (QED) is 0.702. The molecule has 1 aliphatic rings. The highest BCUT2D eigenvalue weighted by atomic mass is 16.1. The lowest BCUT2D eigenvalue weighted by Crippen LogP contribution is -2.41. The van der Waals surface area contributed by atoms with Crippen LogP contribution in [0.15, 0.2) is 0 Å². The summed E-state index contributed by atoms with van der Waals surface area (Å²) < 4.78 is 0. The fraction of sp³-hybridized carbons (Fsp3) is 0.923. The van der Waals surface area contributed by atoms with Gasteiger partial charge in [-0.15, -0.1) is 0 Å². The van der Waals surface area contributed by atoms with Crippen molar-refractivity contribution in [1.29, 1.82) is 0 Å². The van der Waals surface area contributed by atoms with Crippen LogP contribution in [-0.2, 0) is 4.79 Å². The van der Waals surface area contributed by atoms with Gasteiger partial charge in [0.05, 0.1) is 0 Å². The summed E-state index contributed by atoms with van der Waals surface area (Å²) in [6.45, 7) is 7.31. The first-order valence-corrected chi connectivity index (χ1v) is 6.93. The van der Waals surface area contributed by atoms with Crippen LogP contribution in [0.5, 0.6) is 0 Å². The molecular formula is C13H27N3O. The minimum atomic E-state index is 0.0193. The zero-order valence-electron chi connectivity index (χ0n) is 11.2. The Balaban J connectivity index is 2.19. The van der Waals surface area contributed by atoms with E-state index in [4.69, 9.17) is 5.73 Å². The van der Waals surface area contributed by atoms with Gasteiger partial charge in [-0.25, -0.2) is 0 Å². The molecule has 0 radical (unpaired) electrons. The van der Waals surface area contributed by atoms with E-state index in [0.717, 1.165) is 25.9 Å². The van der Waals surface area contributed by atoms with Crippen LogP contribution in [0.4, 0.5) is 0 Å². The van der Waals surface area contributed by atoms with E-state index in [1.807, 2.05) is 0 Å². The van der Waals surface area contributed by atoms with E-state index < -0.39 is 0 Å². The van der Waals surface area contributed by atoms with Gasteiger partial charge in [-0.1, -0.05) is 20.3 Å². The van der Waals surface area contributed by atoms with E-state index >= 15 is 0 Å². The van der Waals surface area contributed by atoms with E-state index in [-0.39, 0.29) is 11.9 Å². The normalized spacial score (nSPS) is 22.6. The summed E-state index contributed by atoms with van der Waals surface area (Å²) in [4.78, 5) is 14.1. The van der Waals surface area contributed by atoms with Gasteiger partial charge in [0.25, 0.3) is 0 Å². The van der Waals surface area contributed by atoms with Crippen LogP contribution in [0, 0.1) is 0 Å². The first-order chi connectivity index (χ1) is 8.17. The number of amides is 1. The van der Waals surface area contributed by atoms with Crippen LogP contribution >= 0.6 is 0 Å². The van der Waals surface area contributed by atoms with Gasteiger partial charge in [0.1, 0.15) is 0 Å². The van der Waals surface area contributed by atoms with E-state index in [1.54, 1.807) is 0 Å². The van der Waals surface area contributed by atoms with Crippen molar-refractivity contribution in [2.75, 3.05) is 19.6 Å². The van der Waals surface area contributed by atoms with Gasteiger partial charge < -0.3 is 11.1 Å². The first kappa shape index (κ1) is 14.5. The summed E-state index contributed by atoms with van der Waals surface area (Å²) >= 11 is 0. The second kappa shape index (κ2) is 7.67. The molecule has 0 aromatic heterocycles. The molecule has 2 atom stereocenters. The summed E-state index contributed by atoms with van der Waals surface area (Å²) in [5, 5.41) is 3.02. The van der Waals surface area contributed by atoms with Gasteiger partial charge in [-0.05, 0) is 32.4 Å². The number of nitrogens with one attached hydrogen (secondary N) is 1. The van der Waals surface area contributed by atoms with Crippen molar-refractivity contribution in [3.63, 3.8) is 0 Å². The molecule has 3 N–H and O–H groups in total. The second-order valence-corrected chi connectivity index (χ2v) is 4.98. The van der Waals surface area contributed by atoms with Crippen molar-refractivity contribution in [3.8, 4) is 0 Å². The Kier molecular flexibility index (Phi) is 6.52. The predicted molar refractivity (Wildman–Crippen MR) is 70.8 cm³/mol. The number of likely N-dealkylation sites (N-methyl/N-ethyl adjacent to an activating group) is 1. The molecule has 0 spiro atoms. The molecule has 0 aromatic carbocycles. The van der Waals surface area contributed by atoms with E-state index in [0.29, 0.717) is 12.5 Å². The van der Waals surface area contributed by atoms with Gasteiger partial charge >= 0.3 is 0 Å². The number of rotatable bonds is 7. The van der Waals surface area contributed by atoms with Gasteiger partial charge in [0.2, 0.25) is 5.91 Å². The number of hydrogen-bond acceptors (Lipinski definition) is 3. The molecule has 0 aromatic rings. The molecule has 0 saturated carbocycles. The van der Waals surface area contributed by atoms with E-state index in [2.05, 4.69) is 24.1 Å². The Bertz CT molecular complexity index is 233. The van der Waals surface area contributed by atoms with Crippen LogP contribution in [0.1, 0.15) is 46.0 Å². The maximum Gasteiger partial charge on any atom is 0.221 e. The predicted octanol–water partition coefficient (Wildman–Crippen LogP) is 1.10. The highest BCUT2D eigenvalue weighted by molar-refractivity contribution is 5.76. The van der Waals surface area contributed by atoms with Crippen molar-refractivity contribution in [2.45, 2.75) is 58.0 Å². The molecule has 1 fully saturated rings. The third kappa shape index (κ3) is 5.04. The number of carbonyl (C=O) groups excluding carboxylic acids is 1. The Morgan fingerprint density at radius 3 is 2.94 bits per heavy atom. The molecule has 1 heterocycles. The molecule has 1 rings (SSSR count). The second-order valence-electron chi connectivity index (χ2n) is 4.98.